The van der Waals surface area contributed by atoms with Crippen LogP contribution in [0.5, 0.6) is 0 Å². The van der Waals surface area contributed by atoms with Gasteiger partial charge in [0, 0.05) is 46.5 Å². The van der Waals surface area contributed by atoms with Crippen molar-refractivity contribution < 1.29 is 97.4 Å². The molecule has 3 atom stereocenters. The largest absolute Gasteiger partial charge is 1.00 e. The molecule has 0 aromatic carbocycles. The van der Waals surface area contributed by atoms with Crippen molar-refractivity contribution in [1.82, 2.24) is 14.9 Å². The second kappa shape index (κ2) is 43.5. The van der Waals surface area contributed by atoms with Gasteiger partial charge in [0.05, 0.1) is 0 Å². The van der Waals surface area contributed by atoms with Gasteiger partial charge >= 0.3 is 143 Å². The van der Waals surface area contributed by atoms with Gasteiger partial charge < -0.3 is 17.3 Å². The summed E-state index contributed by atoms with van der Waals surface area (Å²) in [6.45, 7) is 5.32. The van der Waals surface area contributed by atoms with Crippen LogP contribution >= 0.6 is 93.6 Å². The molecule has 1 aliphatic rings. The third-order valence-corrected chi connectivity index (χ3v) is 2.94. The topological polar surface area (TPSA) is 46.1 Å². The summed E-state index contributed by atoms with van der Waals surface area (Å²) in [5.41, 5.74) is 2.14. The van der Waals surface area contributed by atoms with Crippen LogP contribution in [0.4, 0.5) is 0 Å². The maximum absolute atomic E-state index is 10.5. The Bertz CT molecular complexity index is 705. The predicted octanol–water partition coefficient (Wildman–Crippen LogP) is 3.67. The Morgan fingerprint density at radius 3 is 1.39 bits per heavy atom. The van der Waals surface area contributed by atoms with Crippen molar-refractivity contribution in [2.75, 3.05) is 26.1 Å². The fraction of sp³-hybridized carbons (Fsp3) is 0.450. The maximum Gasteiger partial charge on any atom is 1.00 e. The number of pyridine rings is 2. The van der Waals surface area contributed by atoms with Crippen molar-refractivity contribution in [3.05, 3.63) is 60.2 Å². The number of aromatic nitrogens is 2. The fourth-order valence-corrected chi connectivity index (χ4v) is 1.68. The van der Waals surface area contributed by atoms with Gasteiger partial charge in [0.25, 0.3) is 0 Å². The van der Waals surface area contributed by atoms with Crippen LogP contribution in [0.25, 0.3) is 0 Å². The van der Waals surface area contributed by atoms with Crippen LogP contribution in [0.2, 0.25) is 0 Å². The number of nitrogens with zero attached hydrogens (tertiary/aromatic N) is 3. The zero-order chi connectivity index (χ0) is 29.9. The number of carbonyl (C=O) groups excluding carboxylic acids is 1. The van der Waals surface area contributed by atoms with E-state index in [1.54, 1.807) is 17.3 Å². The van der Waals surface area contributed by atoms with Crippen LogP contribution < -0.4 is 63.8 Å². The Kier molecular flexibility index (Phi) is 59.5. The first-order valence-electron chi connectivity index (χ1n) is 10.3. The average Bonchev–Trinajstić information content (AvgIpc) is 3.11. The maximum atomic E-state index is 10.5. The van der Waals surface area contributed by atoms with E-state index in [2.05, 4.69) is 37.7 Å². The predicted molar refractivity (Wildman–Crippen MR) is 172 cm³/mol. The first kappa shape index (κ1) is 51.9. The van der Waals surface area contributed by atoms with Crippen molar-refractivity contribution >= 4 is 99.6 Å². The summed E-state index contributed by atoms with van der Waals surface area (Å²) in [5.74, 6) is 0.208. The molecule has 1 saturated heterocycles. The van der Waals surface area contributed by atoms with E-state index in [9.17, 15) is 4.79 Å². The molecule has 3 rings (SSSR count). The molecule has 38 heavy (non-hydrogen) atoms. The summed E-state index contributed by atoms with van der Waals surface area (Å²) < 4.78 is 12.7. The van der Waals surface area contributed by atoms with Crippen molar-refractivity contribution in [2.24, 2.45) is 0 Å². The molecule has 2 aromatic rings. The molecular formula is C20H38Cl8KN3OP3Pt2. The van der Waals surface area contributed by atoms with Gasteiger partial charge in [-0.05, 0) is 50.4 Å². The van der Waals surface area contributed by atoms with E-state index in [1.165, 1.54) is 0 Å². The molecule has 3 heterocycles. The molecule has 4 nitrogen and oxygen atoms in total. The minimum absolute atomic E-state index is 0. The molecule has 18 heteroatoms. The first-order valence-corrected chi connectivity index (χ1v) is 30.9. The number of carbonyl (C=O) groups is 1. The zero-order valence-corrected chi connectivity index (χ0v) is 37.8. The van der Waals surface area contributed by atoms with Gasteiger partial charge in [0.15, 0.2) is 0 Å². The van der Waals surface area contributed by atoms with Gasteiger partial charge in [-0.3, -0.25) is 14.8 Å². The Hall–Kier alpha value is 4.39. The summed E-state index contributed by atoms with van der Waals surface area (Å²) in [5, 5.41) is 0. The minimum atomic E-state index is -3.06. The number of rotatable bonds is 0. The number of hydrogen-bond acceptors (Lipinski definition) is 3. The Balaban J connectivity index is -0.0000000641. The molecule has 1 amide bonds. The molecule has 0 bridgehead atoms. The van der Waals surface area contributed by atoms with Gasteiger partial charge in [-0.25, -0.2) is 0 Å². The number of likely N-dealkylation sites (tertiary alicyclic amines) is 1. The van der Waals surface area contributed by atoms with Gasteiger partial charge in [-0.1, -0.05) is 26.2 Å². The molecule has 0 spiro atoms. The number of amides is 1. The van der Waals surface area contributed by atoms with Crippen LogP contribution in [0.15, 0.2) is 48.8 Å². The molecular weight excluding hydrogens is 1100 g/mol. The van der Waals surface area contributed by atoms with E-state index in [0.717, 1.165) is 30.8 Å². The Labute approximate surface area is 326 Å². The monoisotopic (exact) mass is 1140 g/mol. The van der Waals surface area contributed by atoms with E-state index < -0.39 is 26.1 Å². The smallest absolute Gasteiger partial charge is 1.00 e. The first-order chi connectivity index (χ1) is 17.0. The van der Waals surface area contributed by atoms with Gasteiger partial charge in [-0.2, -0.15) is 0 Å². The van der Waals surface area contributed by atoms with E-state index in [1.807, 2.05) is 57.3 Å². The second-order valence-electron chi connectivity index (χ2n) is 5.46. The normalized spacial score (nSPS) is 11.8. The van der Waals surface area contributed by atoms with Gasteiger partial charge in [0.2, 0.25) is 5.91 Å². The van der Waals surface area contributed by atoms with Crippen molar-refractivity contribution in [3.8, 4) is 0 Å². The quantitative estimate of drug-likeness (QED) is 0.300. The summed E-state index contributed by atoms with van der Waals surface area (Å²) >= 11 is -4.91. The summed E-state index contributed by atoms with van der Waals surface area (Å²) in [4.78, 5) is 20.2. The van der Waals surface area contributed by atoms with Crippen LogP contribution in [-0.4, -0.2) is 46.9 Å². The third-order valence-electron chi connectivity index (χ3n) is 2.94. The summed E-state index contributed by atoms with van der Waals surface area (Å²) in [7, 11) is 43.6. The minimum Gasteiger partial charge on any atom is 1.00 e. The zero-order valence-electron chi connectivity index (χ0n) is 22.7. The summed E-state index contributed by atoms with van der Waals surface area (Å²) in [6.07, 6.45) is 5.39. The van der Waals surface area contributed by atoms with Crippen LogP contribution in [0.3, 0.4) is 0 Å². The van der Waals surface area contributed by atoms with Crippen molar-refractivity contribution in [2.45, 2.75) is 34.1 Å². The fourth-order valence-electron chi connectivity index (χ4n) is 1.68. The van der Waals surface area contributed by atoms with E-state index >= 15 is 0 Å². The van der Waals surface area contributed by atoms with Gasteiger partial charge in [0.1, 0.15) is 0 Å². The molecule has 1 fully saturated rings. The van der Waals surface area contributed by atoms with E-state index in [0.29, 0.717) is 12.5 Å². The molecule has 0 saturated carbocycles. The SMILES string of the molecule is C.CN1CCCC1=O.Cc1ccccn1.Cc1ccccn1.[3H]C(P)P.[3H]CP.[Cl-].[Cl][Pt]([Cl])([Cl])[Cl].[Cl][Pt]([Cl])[Cl].[K+]. The third kappa shape index (κ3) is 67.9. The van der Waals surface area contributed by atoms with Crippen molar-refractivity contribution in [1.29, 1.82) is 0 Å². The molecule has 2 aromatic heterocycles. The van der Waals surface area contributed by atoms with Crippen LogP contribution in [-0.2, 0) is 30.9 Å². The molecule has 231 valence electrons. The Morgan fingerprint density at radius 1 is 1.03 bits per heavy atom. The second-order valence-corrected chi connectivity index (χ2v) is 36.5. The summed E-state index contributed by atoms with van der Waals surface area (Å²) in [6, 6.07) is 11.7. The number of halogens is 8. The Morgan fingerprint density at radius 2 is 1.32 bits per heavy atom. The molecule has 0 radical (unpaired) electrons. The van der Waals surface area contributed by atoms with Crippen LogP contribution in [0.1, 0.15) is 34.4 Å². The molecule has 1 aliphatic heterocycles. The van der Waals surface area contributed by atoms with E-state index in [4.69, 9.17) is 68.7 Å². The molecule has 0 N–H and O–H groups in total. The number of aryl methyl sites for hydroxylation is 2. The standard InChI is InChI=1S/2C6H7N.C5H9NO.CH6P2.CH5P.CH4.8ClH.K.2Pt/c2*1-6-4-2-3-5-7-6;1-6-4-2-3-5(6)7;2-1-3;1-2;;;;;;;;;;;;/h2*2-5H,1H3;2-4H2,1H3;1-3H2;2H2,1H3;1H4;8*1H;;;/q;;;;;;;;;;;;;;+1;+3;+4/p-8/i;;;2*1T;;;;;;;;;;;;. The van der Waals surface area contributed by atoms with Gasteiger partial charge in [-0.15, -0.1) is 27.7 Å². The molecule has 3 unspecified atom stereocenters. The van der Waals surface area contributed by atoms with Crippen molar-refractivity contribution in [3.63, 3.8) is 0 Å². The number of hydrogen-bond donors (Lipinski definition) is 0. The van der Waals surface area contributed by atoms with E-state index in [-0.39, 0.29) is 77.1 Å². The molecule has 0 aliphatic carbocycles. The average molecular weight is 1150 g/mol. The van der Waals surface area contributed by atoms with Crippen LogP contribution in [0, 0.1) is 13.8 Å².